The van der Waals surface area contributed by atoms with Crippen LogP contribution in [0.5, 0.6) is 0 Å². The third-order valence-corrected chi connectivity index (χ3v) is 3.89. The van der Waals surface area contributed by atoms with Crippen molar-refractivity contribution in [3.8, 4) is 0 Å². The molecule has 0 unspecified atom stereocenters. The molecule has 0 aromatic carbocycles. The number of aliphatic hydroxyl groups excluding tert-OH is 2. The standard InChI is InChI=1S/C10H14N5O7P/c11-8-5-9(13-2-12-8)15(3-14-5)10-7(17)6(16)4(22-10)1-21-23(18,19)20/h2-4,6-7,10,16-17H,1H2,(H2,11,12,13)(H2,18,19,20)/t4-,6-,7-,10-/m1/s1/i11+1,12+1,13+1,14+1,15+1. The summed E-state index contributed by atoms with van der Waals surface area (Å²) in [6.07, 6.45) is -2.49. The number of hydrogen-bond acceptors (Lipinski definition) is 9. The third-order valence-electron chi connectivity index (χ3n) is 3.41. The minimum absolute atomic E-state index is 0.142. The number of nitrogens with two attached hydrogens (primary N) is 1. The molecule has 0 amide bonds. The fourth-order valence-corrected chi connectivity index (χ4v) is 2.66. The maximum atomic E-state index is 10.7. The minimum atomic E-state index is -4.72. The van der Waals surface area contributed by atoms with E-state index in [0.29, 0.717) is 5.52 Å². The Hall–Kier alpha value is -1.66. The zero-order valence-corrected chi connectivity index (χ0v) is 12.4. The number of phosphoric ester groups is 1. The molecule has 1 aliphatic heterocycles. The SMILES string of the molecule is [15NH2]c1[15n]c[15n]c2c1[15n]c[15n]2[C@@H]1O[C@H](COP(=O)(O)O)[C@@H](O)[C@H]1O. The maximum absolute atomic E-state index is 10.7. The molecule has 23 heavy (non-hydrogen) atoms. The van der Waals surface area contributed by atoms with Gasteiger partial charge in [0, 0.05) is 0 Å². The number of rotatable bonds is 4. The monoisotopic (exact) mass is 352 g/mol. The Morgan fingerprint density at radius 1 is 1.30 bits per heavy atom. The summed E-state index contributed by atoms with van der Waals surface area (Å²) in [5, 5.41) is 20.1. The lowest BCUT2D eigenvalue weighted by molar-refractivity contribution is -0.0504. The first-order valence-electron chi connectivity index (χ1n) is 6.42. The predicted octanol–water partition coefficient (Wildman–Crippen LogP) is -1.86. The minimum Gasteiger partial charge on any atom is -0.387 e. The normalized spacial score (nSPS) is 28.5. The number of aromatic nitrogens is 4. The van der Waals surface area contributed by atoms with Gasteiger partial charge >= 0.3 is 7.82 Å². The van der Waals surface area contributed by atoms with E-state index in [1.165, 1.54) is 17.2 Å². The Kier molecular flexibility index (Phi) is 4.06. The summed E-state index contributed by atoms with van der Waals surface area (Å²) in [6.45, 7) is -0.594. The van der Waals surface area contributed by atoms with E-state index in [-0.39, 0.29) is 11.5 Å². The highest BCUT2D eigenvalue weighted by molar-refractivity contribution is 7.46. The largest absolute Gasteiger partial charge is 0.469 e. The molecule has 2 aromatic heterocycles. The molecule has 0 bridgehead atoms. The lowest BCUT2D eigenvalue weighted by atomic mass is 10.1. The molecule has 2 aromatic rings. The molecule has 0 spiro atoms. The van der Waals surface area contributed by atoms with Crippen molar-refractivity contribution >= 4 is 24.8 Å². The number of nitrogens with zero attached hydrogens (tertiary/aromatic N) is 4. The second-order valence-corrected chi connectivity index (χ2v) is 6.15. The van der Waals surface area contributed by atoms with Gasteiger partial charge in [0.05, 0.1) is 12.9 Å². The van der Waals surface area contributed by atoms with Crippen LogP contribution in [0.4, 0.5) is 5.82 Å². The Labute approximate surface area is 128 Å². The van der Waals surface area contributed by atoms with Crippen molar-refractivity contribution in [2.45, 2.75) is 24.5 Å². The summed E-state index contributed by atoms with van der Waals surface area (Å²) in [7, 11) is -4.72. The van der Waals surface area contributed by atoms with Gasteiger partial charge in [-0.1, -0.05) is 0 Å². The highest BCUT2D eigenvalue weighted by Gasteiger charge is 2.45. The van der Waals surface area contributed by atoms with Crippen molar-refractivity contribution in [2.24, 2.45) is 0 Å². The van der Waals surface area contributed by atoms with Gasteiger partial charge in [-0.15, -0.1) is 0 Å². The lowest BCUT2D eigenvalue weighted by Crippen LogP contribution is -2.33. The zero-order valence-electron chi connectivity index (χ0n) is 11.5. The van der Waals surface area contributed by atoms with Gasteiger partial charge in [-0.25, -0.2) is 19.5 Å². The van der Waals surface area contributed by atoms with Crippen LogP contribution in [0.25, 0.3) is 11.2 Å². The molecule has 0 radical (unpaired) electrons. The van der Waals surface area contributed by atoms with Crippen LogP contribution in [0.1, 0.15) is 6.23 Å². The molecule has 1 fully saturated rings. The average Bonchev–Trinajstić information content (AvgIpc) is 3.01. The van der Waals surface area contributed by atoms with E-state index in [0.717, 1.165) is 0 Å². The second-order valence-electron chi connectivity index (χ2n) is 4.92. The first-order chi connectivity index (χ1) is 10.8. The van der Waals surface area contributed by atoms with Crippen LogP contribution in [0, 0.1) is 0 Å². The molecular formula is C10H14N5O7P. The van der Waals surface area contributed by atoms with E-state index in [2.05, 4.69) is 19.5 Å². The van der Waals surface area contributed by atoms with Crippen LogP contribution in [0.2, 0.25) is 0 Å². The molecule has 1 aliphatic rings. The van der Waals surface area contributed by atoms with E-state index < -0.39 is 39.0 Å². The lowest BCUT2D eigenvalue weighted by Gasteiger charge is -2.16. The predicted molar refractivity (Wildman–Crippen MR) is 73.7 cm³/mol. The molecule has 12 nitrogen and oxygen atoms in total. The Balaban J connectivity index is 1.85. The number of nitrogen functional groups attached to an aromatic ring is 1. The van der Waals surface area contributed by atoms with Gasteiger partial charge in [0.15, 0.2) is 17.7 Å². The number of aliphatic hydroxyl groups is 2. The third kappa shape index (κ3) is 3.05. The van der Waals surface area contributed by atoms with Gasteiger partial charge in [-0.2, -0.15) is 0 Å². The van der Waals surface area contributed by atoms with Crippen LogP contribution >= 0.6 is 7.82 Å². The average molecular weight is 352 g/mol. The van der Waals surface area contributed by atoms with Gasteiger partial charge in [0.25, 0.3) is 0 Å². The number of fused-ring (bicyclic) bond motifs is 1. The van der Waals surface area contributed by atoms with E-state index in [4.69, 9.17) is 20.3 Å². The van der Waals surface area contributed by atoms with Crippen LogP contribution in [-0.4, -0.2) is 64.4 Å². The van der Waals surface area contributed by atoms with Crippen LogP contribution in [0.15, 0.2) is 12.7 Å². The molecule has 0 saturated carbocycles. The summed E-state index contributed by atoms with van der Waals surface area (Å²) in [5.41, 5.74) is 6.25. The van der Waals surface area contributed by atoms with Crippen molar-refractivity contribution < 1.29 is 33.8 Å². The first kappa shape index (κ1) is 16.2. The molecular weight excluding hydrogens is 338 g/mol. The number of ether oxygens (including phenoxy) is 1. The van der Waals surface area contributed by atoms with Crippen LogP contribution < -0.4 is 5.73 Å². The smallest absolute Gasteiger partial charge is 0.387 e. The Bertz CT molecular complexity index is 763. The van der Waals surface area contributed by atoms with Gasteiger partial charge in [0.1, 0.15) is 30.2 Å². The molecule has 0 aliphatic carbocycles. The molecule has 126 valence electrons. The molecule has 13 heteroatoms. The van der Waals surface area contributed by atoms with Crippen molar-refractivity contribution in [2.75, 3.05) is 12.3 Å². The molecule has 3 heterocycles. The fraction of sp³-hybridized carbons (Fsp3) is 0.500. The molecule has 3 rings (SSSR count). The van der Waals surface area contributed by atoms with Crippen molar-refractivity contribution in [3.05, 3.63) is 12.7 Å². The summed E-state index contributed by atoms with van der Waals surface area (Å²) >= 11 is 0. The zero-order chi connectivity index (χ0) is 16.8. The molecule has 6 N–H and O–H groups in total. The number of anilines is 1. The van der Waals surface area contributed by atoms with Gasteiger partial charge in [-0.3, -0.25) is 9.09 Å². The van der Waals surface area contributed by atoms with E-state index in [9.17, 15) is 14.8 Å². The fourth-order valence-electron chi connectivity index (χ4n) is 2.32. The first-order valence-corrected chi connectivity index (χ1v) is 7.95. The van der Waals surface area contributed by atoms with E-state index in [1.54, 1.807) is 0 Å². The Morgan fingerprint density at radius 2 is 2.04 bits per heavy atom. The number of phosphoric acid groups is 1. The number of imidazole rings is 1. The highest BCUT2D eigenvalue weighted by Crippen LogP contribution is 2.38. The van der Waals surface area contributed by atoms with E-state index in [1.807, 2.05) is 0 Å². The molecule has 1 saturated heterocycles. The number of hydrogen-bond donors (Lipinski definition) is 5. The van der Waals surface area contributed by atoms with Gasteiger partial charge < -0.3 is 30.5 Å². The van der Waals surface area contributed by atoms with Crippen LogP contribution in [0.3, 0.4) is 0 Å². The van der Waals surface area contributed by atoms with E-state index >= 15 is 0 Å². The summed E-state index contributed by atoms with van der Waals surface area (Å²) < 4.78 is 21.8. The van der Waals surface area contributed by atoms with Crippen molar-refractivity contribution in [3.63, 3.8) is 0 Å². The van der Waals surface area contributed by atoms with Gasteiger partial charge in [0.2, 0.25) is 0 Å². The highest BCUT2D eigenvalue weighted by atomic mass is 31.2. The summed E-state index contributed by atoms with van der Waals surface area (Å²) in [4.78, 5) is 29.2. The second kappa shape index (κ2) is 5.76. The molecule has 4 atom stereocenters. The van der Waals surface area contributed by atoms with Gasteiger partial charge in [-0.05, 0) is 0 Å². The summed E-state index contributed by atoms with van der Waals surface area (Å²) in [6, 6.07) is 0. The van der Waals surface area contributed by atoms with Crippen molar-refractivity contribution in [1.82, 2.24) is 19.5 Å². The maximum Gasteiger partial charge on any atom is 0.469 e. The Morgan fingerprint density at radius 3 is 2.74 bits per heavy atom. The van der Waals surface area contributed by atoms with Crippen LogP contribution in [-0.2, 0) is 13.8 Å². The quantitative estimate of drug-likeness (QED) is 0.307. The topological polar surface area (TPSA) is 186 Å². The van der Waals surface area contributed by atoms with Crippen molar-refractivity contribution in [1.29, 1.82) is 0 Å². The summed E-state index contributed by atoms with van der Waals surface area (Å²) in [5.74, 6) is 0.142.